The van der Waals surface area contributed by atoms with Crippen molar-refractivity contribution in [2.24, 2.45) is 0 Å². The van der Waals surface area contributed by atoms with Crippen molar-refractivity contribution >= 4 is 22.8 Å². The number of carboxylic acid groups (broad SMARTS) is 1. The number of carbonyl (C=O) groups excluding carboxylic acids is 1. The van der Waals surface area contributed by atoms with Crippen LogP contribution in [0.1, 0.15) is 12.6 Å². The fourth-order valence-electron chi connectivity index (χ4n) is 1.66. The number of hydrogen-bond acceptors (Lipinski definition) is 3. The summed E-state index contributed by atoms with van der Waals surface area (Å²) in [7, 11) is 0. The third kappa shape index (κ3) is 2.48. The number of nitrogens with zero attached hydrogens (tertiary/aromatic N) is 1. The van der Waals surface area contributed by atoms with Crippen LogP contribution in [-0.4, -0.2) is 33.2 Å². The Bertz CT molecular complexity index is 591. The first-order valence-corrected chi connectivity index (χ1v) is 5.52. The van der Waals surface area contributed by atoms with E-state index < -0.39 is 12.0 Å². The summed E-state index contributed by atoms with van der Waals surface area (Å²) >= 11 is 0. The number of aliphatic carboxylic acids is 1. The molecule has 2 aromatic rings. The lowest BCUT2D eigenvalue weighted by atomic mass is 10.1. The zero-order valence-corrected chi connectivity index (χ0v) is 9.80. The Labute approximate surface area is 103 Å². The van der Waals surface area contributed by atoms with Gasteiger partial charge in [0.05, 0.1) is 17.6 Å². The Morgan fingerprint density at radius 1 is 1.44 bits per heavy atom. The second kappa shape index (κ2) is 4.87. The van der Waals surface area contributed by atoms with Crippen molar-refractivity contribution in [1.29, 1.82) is 0 Å². The number of benzene rings is 1. The molecule has 94 valence electrons. The van der Waals surface area contributed by atoms with Gasteiger partial charge in [-0.25, -0.2) is 0 Å². The highest BCUT2D eigenvalue weighted by molar-refractivity contribution is 5.89. The van der Waals surface area contributed by atoms with Gasteiger partial charge in [0.2, 0.25) is 5.91 Å². The number of para-hydroxylation sites is 1. The summed E-state index contributed by atoms with van der Waals surface area (Å²) in [6.07, 6.45) is 0.0815. The molecule has 0 spiro atoms. The van der Waals surface area contributed by atoms with Crippen LogP contribution < -0.4 is 5.32 Å². The van der Waals surface area contributed by atoms with E-state index in [4.69, 9.17) is 5.11 Å². The van der Waals surface area contributed by atoms with Crippen molar-refractivity contribution < 1.29 is 14.7 Å². The number of amides is 1. The maximum absolute atomic E-state index is 11.6. The molecule has 0 aliphatic carbocycles. The minimum Gasteiger partial charge on any atom is -0.480 e. The monoisotopic (exact) mass is 247 g/mol. The second-order valence-corrected chi connectivity index (χ2v) is 4.02. The van der Waals surface area contributed by atoms with Gasteiger partial charge in [0.15, 0.2) is 0 Å². The van der Waals surface area contributed by atoms with Crippen molar-refractivity contribution in [2.75, 3.05) is 0 Å². The highest BCUT2D eigenvalue weighted by Gasteiger charge is 2.15. The van der Waals surface area contributed by atoms with Crippen LogP contribution in [0, 0.1) is 0 Å². The minimum atomic E-state index is -1.06. The lowest BCUT2D eigenvalue weighted by molar-refractivity contribution is -0.141. The van der Waals surface area contributed by atoms with Crippen molar-refractivity contribution in [3.63, 3.8) is 0 Å². The molecule has 0 aliphatic rings. The molecule has 1 amide bonds. The Morgan fingerprint density at radius 2 is 2.17 bits per heavy atom. The minimum absolute atomic E-state index is 0.0815. The summed E-state index contributed by atoms with van der Waals surface area (Å²) in [4.78, 5) is 22.3. The molecule has 6 nitrogen and oxygen atoms in total. The predicted octanol–water partition coefficient (Wildman–Crippen LogP) is 0.695. The normalized spacial score (nSPS) is 12.3. The zero-order valence-electron chi connectivity index (χ0n) is 9.80. The zero-order chi connectivity index (χ0) is 13.1. The van der Waals surface area contributed by atoms with Crippen molar-refractivity contribution in [3.8, 4) is 0 Å². The quantitative estimate of drug-likeness (QED) is 0.741. The molecule has 18 heavy (non-hydrogen) atoms. The first-order chi connectivity index (χ1) is 8.58. The molecular formula is C12H13N3O3. The van der Waals surface area contributed by atoms with Crippen LogP contribution >= 0.6 is 0 Å². The van der Waals surface area contributed by atoms with Crippen molar-refractivity contribution in [2.45, 2.75) is 19.4 Å². The summed E-state index contributed by atoms with van der Waals surface area (Å²) in [6, 6.07) is 6.53. The van der Waals surface area contributed by atoms with Gasteiger partial charge in [-0.2, -0.15) is 5.10 Å². The number of fused-ring (bicyclic) bond motifs is 1. The molecule has 0 saturated carbocycles. The number of hydrogen-bond donors (Lipinski definition) is 3. The summed E-state index contributed by atoms with van der Waals surface area (Å²) in [6.45, 7) is 1.42. The van der Waals surface area contributed by atoms with E-state index in [-0.39, 0.29) is 12.3 Å². The smallest absolute Gasteiger partial charge is 0.325 e. The summed E-state index contributed by atoms with van der Waals surface area (Å²) < 4.78 is 0. The van der Waals surface area contributed by atoms with Gasteiger partial charge in [0.1, 0.15) is 6.04 Å². The standard InChI is InChI=1S/C12H13N3O3/c1-7(12(17)18)13-11(16)6-10-8-4-2-3-5-9(8)14-15-10/h2-5,7H,6H2,1H3,(H,13,16)(H,14,15)(H,17,18). The molecular weight excluding hydrogens is 234 g/mol. The van der Waals surface area contributed by atoms with Crippen LogP contribution in [-0.2, 0) is 16.0 Å². The Kier molecular flexibility index (Phi) is 3.27. The molecule has 6 heteroatoms. The molecule has 1 unspecified atom stereocenters. The van der Waals surface area contributed by atoms with Crippen molar-refractivity contribution in [3.05, 3.63) is 30.0 Å². The van der Waals surface area contributed by atoms with Crippen LogP contribution in [0.25, 0.3) is 10.9 Å². The van der Waals surface area contributed by atoms with E-state index in [2.05, 4.69) is 15.5 Å². The van der Waals surface area contributed by atoms with Crippen LogP contribution in [0.2, 0.25) is 0 Å². The van der Waals surface area contributed by atoms with Crippen LogP contribution in [0.15, 0.2) is 24.3 Å². The number of carbonyl (C=O) groups is 2. The number of aromatic amines is 1. The molecule has 3 N–H and O–H groups in total. The van der Waals surface area contributed by atoms with Gasteiger partial charge in [-0.3, -0.25) is 14.7 Å². The van der Waals surface area contributed by atoms with Gasteiger partial charge in [-0.1, -0.05) is 18.2 Å². The van der Waals surface area contributed by atoms with Gasteiger partial charge in [-0.05, 0) is 13.0 Å². The van der Waals surface area contributed by atoms with E-state index in [0.29, 0.717) is 5.69 Å². The number of H-pyrrole nitrogens is 1. The van der Waals surface area contributed by atoms with Gasteiger partial charge >= 0.3 is 5.97 Å². The molecule has 0 saturated heterocycles. The number of carboxylic acids is 1. The average molecular weight is 247 g/mol. The molecule has 0 aliphatic heterocycles. The predicted molar refractivity (Wildman–Crippen MR) is 65.0 cm³/mol. The van der Waals surface area contributed by atoms with Gasteiger partial charge < -0.3 is 10.4 Å². The SMILES string of the molecule is CC(NC(=O)Cc1[nH]nc2ccccc12)C(=O)O. The van der Waals surface area contributed by atoms with E-state index in [1.165, 1.54) is 6.92 Å². The highest BCUT2D eigenvalue weighted by Crippen LogP contribution is 2.15. The van der Waals surface area contributed by atoms with E-state index in [1.807, 2.05) is 24.3 Å². The molecule has 1 aromatic carbocycles. The fraction of sp³-hybridized carbons (Fsp3) is 0.250. The maximum atomic E-state index is 11.6. The van der Waals surface area contributed by atoms with Crippen LogP contribution in [0.3, 0.4) is 0 Å². The summed E-state index contributed by atoms with van der Waals surface area (Å²) in [5, 5.41) is 18.8. The van der Waals surface area contributed by atoms with Gasteiger partial charge in [0, 0.05) is 5.39 Å². The number of rotatable bonds is 4. The van der Waals surface area contributed by atoms with E-state index in [1.54, 1.807) is 0 Å². The van der Waals surface area contributed by atoms with Crippen molar-refractivity contribution in [1.82, 2.24) is 15.5 Å². The van der Waals surface area contributed by atoms with E-state index in [0.717, 1.165) is 10.9 Å². The van der Waals surface area contributed by atoms with E-state index in [9.17, 15) is 9.59 Å². The fourth-order valence-corrected chi connectivity index (χ4v) is 1.66. The highest BCUT2D eigenvalue weighted by atomic mass is 16.4. The van der Waals surface area contributed by atoms with Gasteiger partial charge in [0.25, 0.3) is 0 Å². The maximum Gasteiger partial charge on any atom is 0.325 e. The van der Waals surface area contributed by atoms with Gasteiger partial charge in [-0.15, -0.1) is 0 Å². The summed E-state index contributed by atoms with van der Waals surface area (Å²) in [5.41, 5.74) is 1.47. The molecule has 1 heterocycles. The average Bonchev–Trinajstić information content (AvgIpc) is 2.72. The first kappa shape index (κ1) is 12.1. The third-order valence-electron chi connectivity index (χ3n) is 2.63. The number of nitrogens with one attached hydrogen (secondary N) is 2. The largest absolute Gasteiger partial charge is 0.480 e. The third-order valence-corrected chi connectivity index (χ3v) is 2.63. The Balaban J connectivity index is 2.10. The molecule has 2 rings (SSSR count). The lowest BCUT2D eigenvalue weighted by Gasteiger charge is -2.08. The topological polar surface area (TPSA) is 95.1 Å². The second-order valence-electron chi connectivity index (χ2n) is 4.02. The number of aromatic nitrogens is 2. The van der Waals surface area contributed by atoms with Crippen LogP contribution in [0.5, 0.6) is 0 Å². The van der Waals surface area contributed by atoms with Crippen LogP contribution in [0.4, 0.5) is 0 Å². The van der Waals surface area contributed by atoms with E-state index >= 15 is 0 Å². The molecule has 1 aromatic heterocycles. The first-order valence-electron chi connectivity index (χ1n) is 5.52. The molecule has 1 atom stereocenters. The Morgan fingerprint density at radius 3 is 2.89 bits per heavy atom. The molecule has 0 fully saturated rings. The molecule has 0 radical (unpaired) electrons. The lowest BCUT2D eigenvalue weighted by Crippen LogP contribution is -2.39. The molecule has 0 bridgehead atoms. The summed E-state index contributed by atoms with van der Waals surface area (Å²) in [5.74, 6) is -1.41. The Hall–Kier alpha value is -2.37.